The lowest BCUT2D eigenvalue weighted by atomic mass is 10.2. The summed E-state index contributed by atoms with van der Waals surface area (Å²) >= 11 is 1.61. The van der Waals surface area contributed by atoms with Gasteiger partial charge in [0, 0.05) is 13.1 Å². The topological polar surface area (TPSA) is 62.7 Å². The largest absolute Gasteiger partial charge is 0.350 e. The fourth-order valence-corrected chi connectivity index (χ4v) is 3.26. The monoisotopic (exact) mass is 373 g/mol. The summed E-state index contributed by atoms with van der Waals surface area (Å²) in [6.45, 7) is 1.32. The van der Waals surface area contributed by atoms with Gasteiger partial charge in [0.05, 0.1) is 4.88 Å². The maximum Gasteiger partial charge on any atom is 0.228 e. The lowest BCUT2D eigenvalue weighted by Gasteiger charge is -2.10. The molecule has 5 nitrogen and oxygen atoms in total. The summed E-state index contributed by atoms with van der Waals surface area (Å²) in [5, 5.41) is 8.63. The number of hydrogen-bond acceptors (Lipinski definition) is 6. The van der Waals surface area contributed by atoms with E-state index < -0.39 is 0 Å². The molecule has 27 heavy (non-hydrogen) atoms. The van der Waals surface area contributed by atoms with Crippen LogP contribution in [0.5, 0.6) is 0 Å². The van der Waals surface area contributed by atoms with Gasteiger partial charge in [0.1, 0.15) is 0 Å². The lowest BCUT2D eigenvalue weighted by Crippen LogP contribution is -2.10. The summed E-state index contributed by atoms with van der Waals surface area (Å²) in [7, 11) is 0. The van der Waals surface area contributed by atoms with Crippen LogP contribution in [0.25, 0.3) is 10.7 Å². The first-order valence-electron chi connectivity index (χ1n) is 8.72. The highest BCUT2D eigenvalue weighted by Gasteiger charge is 2.09. The molecule has 0 fully saturated rings. The van der Waals surface area contributed by atoms with Crippen molar-refractivity contribution < 1.29 is 0 Å². The van der Waals surface area contributed by atoms with Crippen LogP contribution in [0.1, 0.15) is 11.1 Å². The van der Waals surface area contributed by atoms with Crippen molar-refractivity contribution in [2.45, 2.75) is 13.1 Å². The minimum Gasteiger partial charge on any atom is -0.350 e. The Kier molecular flexibility index (Phi) is 5.36. The van der Waals surface area contributed by atoms with Crippen LogP contribution in [0, 0.1) is 0 Å². The van der Waals surface area contributed by atoms with Crippen molar-refractivity contribution in [3.63, 3.8) is 0 Å². The second kappa shape index (κ2) is 8.42. The van der Waals surface area contributed by atoms with E-state index in [-0.39, 0.29) is 0 Å². The molecule has 2 heterocycles. The van der Waals surface area contributed by atoms with Gasteiger partial charge in [-0.2, -0.15) is 15.0 Å². The fourth-order valence-electron chi connectivity index (χ4n) is 2.60. The highest BCUT2D eigenvalue weighted by atomic mass is 32.1. The molecular weight excluding hydrogens is 354 g/mol. The molecule has 0 spiro atoms. The quantitative estimate of drug-likeness (QED) is 0.486. The summed E-state index contributed by atoms with van der Waals surface area (Å²) in [6, 6.07) is 24.4. The zero-order valence-corrected chi connectivity index (χ0v) is 15.5. The van der Waals surface area contributed by atoms with Crippen molar-refractivity contribution in [2.75, 3.05) is 10.6 Å². The van der Waals surface area contributed by atoms with Gasteiger partial charge in [-0.25, -0.2) is 0 Å². The van der Waals surface area contributed by atoms with Gasteiger partial charge in [-0.05, 0) is 22.6 Å². The minimum absolute atomic E-state index is 0.563. The summed E-state index contributed by atoms with van der Waals surface area (Å²) in [5.74, 6) is 1.80. The van der Waals surface area contributed by atoms with Gasteiger partial charge in [0.25, 0.3) is 0 Å². The first kappa shape index (κ1) is 17.2. The van der Waals surface area contributed by atoms with Gasteiger partial charge in [-0.15, -0.1) is 11.3 Å². The molecule has 0 unspecified atom stereocenters. The molecular formula is C21H19N5S. The van der Waals surface area contributed by atoms with Crippen LogP contribution in [0.3, 0.4) is 0 Å². The van der Waals surface area contributed by atoms with Crippen molar-refractivity contribution in [1.82, 2.24) is 15.0 Å². The van der Waals surface area contributed by atoms with E-state index in [0.29, 0.717) is 30.8 Å². The van der Waals surface area contributed by atoms with E-state index in [0.717, 1.165) is 4.88 Å². The zero-order valence-electron chi connectivity index (χ0n) is 14.7. The predicted octanol–water partition coefficient (Wildman–Crippen LogP) is 4.82. The van der Waals surface area contributed by atoms with Crippen molar-refractivity contribution in [1.29, 1.82) is 0 Å². The SMILES string of the molecule is c1ccc(CNc2nc(NCc3ccccc3)nc(-c3cccs3)n2)cc1. The third kappa shape index (κ3) is 4.68. The molecule has 0 amide bonds. The maximum absolute atomic E-state index is 4.58. The Morgan fingerprint density at radius 3 is 1.67 bits per heavy atom. The summed E-state index contributed by atoms with van der Waals surface area (Å²) < 4.78 is 0. The Bertz CT molecular complexity index is 910. The van der Waals surface area contributed by atoms with Gasteiger partial charge in [-0.1, -0.05) is 66.7 Å². The molecule has 2 aromatic carbocycles. The van der Waals surface area contributed by atoms with Crippen LogP contribution in [0.2, 0.25) is 0 Å². The standard InChI is InChI=1S/C21H19N5S/c1-3-8-16(9-4-1)14-22-20-24-19(18-12-7-13-27-18)25-21(26-20)23-15-17-10-5-2-6-11-17/h1-13H,14-15H2,(H2,22,23,24,25,26). The van der Waals surface area contributed by atoms with Crippen LogP contribution in [0.15, 0.2) is 78.2 Å². The summed E-state index contributed by atoms with van der Waals surface area (Å²) in [5.41, 5.74) is 2.35. The van der Waals surface area contributed by atoms with E-state index in [1.54, 1.807) is 11.3 Å². The third-order valence-corrected chi connectivity index (χ3v) is 4.83. The summed E-state index contributed by atoms with van der Waals surface area (Å²) in [4.78, 5) is 14.7. The van der Waals surface area contributed by atoms with Crippen LogP contribution in [0.4, 0.5) is 11.9 Å². The summed E-state index contributed by atoms with van der Waals surface area (Å²) in [6.07, 6.45) is 0. The predicted molar refractivity (Wildman–Crippen MR) is 111 cm³/mol. The second-order valence-corrected chi connectivity index (χ2v) is 6.91. The van der Waals surface area contributed by atoms with E-state index in [4.69, 9.17) is 0 Å². The molecule has 4 rings (SSSR count). The Balaban J connectivity index is 1.55. The minimum atomic E-state index is 0.563. The van der Waals surface area contributed by atoms with Crippen LogP contribution in [-0.4, -0.2) is 15.0 Å². The van der Waals surface area contributed by atoms with Crippen molar-refractivity contribution in [3.05, 3.63) is 89.3 Å². The van der Waals surface area contributed by atoms with Crippen LogP contribution in [-0.2, 0) is 13.1 Å². The molecule has 0 bridgehead atoms. The maximum atomic E-state index is 4.58. The number of benzene rings is 2. The van der Waals surface area contributed by atoms with Crippen LogP contribution >= 0.6 is 11.3 Å². The zero-order chi connectivity index (χ0) is 18.3. The number of aromatic nitrogens is 3. The highest BCUT2D eigenvalue weighted by molar-refractivity contribution is 7.13. The Morgan fingerprint density at radius 1 is 0.630 bits per heavy atom. The molecule has 2 N–H and O–H groups in total. The van der Waals surface area contributed by atoms with Crippen molar-refractivity contribution in [2.24, 2.45) is 0 Å². The molecule has 6 heteroatoms. The average Bonchev–Trinajstić information content (AvgIpc) is 3.27. The first-order valence-corrected chi connectivity index (χ1v) is 9.60. The third-order valence-electron chi connectivity index (χ3n) is 3.96. The van der Waals surface area contributed by atoms with Gasteiger partial charge < -0.3 is 10.6 Å². The molecule has 0 saturated carbocycles. The normalized spacial score (nSPS) is 10.5. The van der Waals surface area contributed by atoms with E-state index in [2.05, 4.69) is 49.9 Å². The molecule has 2 aromatic heterocycles. The fraction of sp³-hybridized carbons (Fsp3) is 0.0952. The molecule has 0 aliphatic carbocycles. The van der Waals surface area contributed by atoms with E-state index in [1.165, 1.54) is 11.1 Å². The van der Waals surface area contributed by atoms with E-state index >= 15 is 0 Å². The Hall–Kier alpha value is -3.25. The molecule has 0 saturated heterocycles. The Labute approximate surface area is 162 Å². The molecule has 134 valence electrons. The van der Waals surface area contributed by atoms with Crippen LogP contribution < -0.4 is 10.6 Å². The number of nitrogens with zero attached hydrogens (tertiary/aromatic N) is 3. The number of rotatable bonds is 7. The first-order chi connectivity index (χ1) is 13.4. The van der Waals surface area contributed by atoms with Gasteiger partial charge in [0.15, 0.2) is 5.82 Å². The molecule has 0 radical (unpaired) electrons. The number of anilines is 2. The number of nitrogens with one attached hydrogen (secondary N) is 2. The smallest absolute Gasteiger partial charge is 0.228 e. The molecule has 0 atom stereocenters. The second-order valence-electron chi connectivity index (χ2n) is 5.96. The van der Waals surface area contributed by atoms with E-state index in [1.807, 2.05) is 53.9 Å². The van der Waals surface area contributed by atoms with E-state index in [9.17, 15) is 0 Å². The highest BCUT2D eigenvalue weighted by Crippen LogP contribution is 2.23. The van der Waals surface area contributed by atoms with Crippen molar-refractivity contribution in [3.8, 4) is 10.7 Å². The van der Waals surface area contributed by atoms with Crippen molar-refractivity contribution >= 4 is 23.2 Å². The number of hydrogen-bond donors (Lipinski definition) is 2. The molecule has 0 aliphatic rings. The van der Waals surface area contributed by atoms with Gasteiger partial charge >= 0.3 is 0 Å². The average molecular weight is 373 g/mol. The molecule has 4 aromatic rings. The van der Waals surface area contributed by atoms with Gasteiger partial charge in [0.2, 0.25) is 11.9 Å². The Morgan fingerprint density at radius 2 is 1.19 bits per heavy atom. The lowest BCUT2D eigenvalue weighted by molar-refractivity contribution is 0.985. The van der Waals surface area contributed by atoms with Gasteiger partial charge in [-0.3, -0.25) is 0 Å². The number of thiophene rings is 1. The molecule has 0 aliphatic heterocycles.